The van der Waals surface area contributed by atoms with Crippen LogP contribution in [0.2, 0.25) is 0 Å². The highest BCUT2D eigenvalue weighted by atomic mass is 32.2. The summed E-state index contributed by atoms with van der Waals surface area (Å²) in [6.45, 7) is 4.08. The lowest BCUT2D eigenvalue weighted by Gasteiger charge is -2.12. The van der Waals surface area contributed by atoms with Gasteiger partial charge in [0.05, 0.1) is 18.6 Å². The number of aryl methyl sites for hydroxylation is 1. The fourth-order valence-electron chi connectivity index (χ4n) is 4.13. The molecule has 0 fully saturated rings. The van der Waals surface area contributed by atoms with Crippen LogP contribution in [0.15, 0.2) is 66.0 Å². The molecule has 0 saturated heterocycles. The van der Waals surface area contributed by atoms with E-state index in [9.17, 15) is 13.2 Å². The lowest BCUT2D eigenvalue weighted by molar-refractivity contribution is -0.137. The number of sulfonamides is 1. The van der Waals surface area contributed by atoms with Crippen LogP contribution >= 0.6 is 24.8 Å². The van der Waals surface area contributed by atoms with Crippen molar-refractivity contribution in [3.05, 3.63) is 82.7 Å². The number of rotatable bonds is 9. The largest absolute Gasteiger partial charge is 0.489 e. The number of carboxylic acid groups (broad SMARTS) is 1. The summed E-state index contributed by atoms with van der Waals surface area (Å²) in [7, 11) is -3.37. The molecule has 2 N–H and O–H groups in total. The maximum absolute atomic E-state index is 11.7. The Morgan fingerprint density at radius 2 is 1.82 bits per heavy atom. The topological polar surface area (TPSA) is 92.7 Å². The first-order chi connectivity index (χ1) is 17.6. The molecule has 198 valence electrons. The van der Waals surface area contributed by atoms with Crippen LogP contribution in [0.25, 0.3) is 21.2 Å². The number of carboxylic acids is 1. The van der Waals surface area contributed by atoms with Crippen molar-refractivity contribution in [2.75, 3.05) is 11.0 Å². The molecule has 9 heteroatoms. The maximum atomic E-state index is 11.7. The van der Waals surface area contributed by atoms with Crippen molar-refractivity contribution in [3.63, 3.8) is 0 Å². The van der Waals surface area contributed by atoms with Gasteiger partial charge in [-0.25, -0.2) is 8.42 Å². The summed E-state index contributed by atoms with van der Waals surface area (Å²) in [5.41, 5.74) is 5.44. The van der Waals surface area contributed by atoms with E-state index in [4.69, 9.17) is 9.84 Å². The second kappa shape index (κ2) is 12.4. The normalized spacial score (nSPS) is 11.7. The number of ether oxygens (including phenoxy) is 1. The van der Waals surface area contributed by atoms with Crippen molar-refractivity contribution in [1.82, 2.24) is 0 Å². The Morgan fingerprint density at radius 1 is 1.08 bits per heavy atom. The highest BCUT2D eigenvalue weighted by Gasteiger charge is 2.14. The second-order valence-electron chi connectivity index (χ2n) is 8.79. The molecular weight excluding hydrogens is 539 g/mol. The lowest BCUT2D eigenvalue weighted by atomic mass is 9.96. The van der Waals surface area contributed by atoms with Crippen LogP contribution in [-0.4, -0.2) is 25.7 Å². The third-order valence-electron chi connectivity index (χ3n) is 5.85. The Bertz CT molecular complexity index is 1610. The summed E-state index contributed by atoms with van der Waals surface area (Å²) in [5, 5.41) is 12.3. The predicted molar refractivity (Wildman–Crippen MR) is 160 cm³/mol. The summed E-state index contributed by atoms with van der Waals surface area (Å²) in [6, 6.07) is 19.1. The van der Waals surface area contributed by atoms with Gasteiger partial charge < -0.3 is 9.84 Å². The van der Waals surface area contributed by atoms with Gasteiger partial charge in [-0.3, -0.25) is 9.52 Å². The summed E-state index contributed by atoms with van der Waals surface area (Å²) < 4.78 is 33.1. The standard InChI is InChI=1S/C29H27NO5S2.H2S/c1-4-5-22(15-29(31)32)21-8-11-24(12-9-21)35-17-20-7-13-28-26(14-20)27(18-36-28)25-16-23(10-6-19(25)2)30-37(3,33)34;/h6-14,16,18,22,30H,15,17H2,1-3H3,(H,31,32);1H2/t22-;/m0./s1. The minimum absolute atomic E-state index is 0. The van der Waals surface area contributed by atoms with Gasteiger partial charge in [-0.15, -0.1) is 17.3 Å². The van der Waals surface area contributed by atoms with Crippen LogP contribution in [0.5, 0.6) is 5.75 Å². The van der Waals surface area contributed by atoms with Gasteiger partial charge in [-0.2, -0.15) is 13.5 Å². The van der Waals surface area contributed by atoms with E-state index in [2.05, 4.69) is 34.1 Å². The number of fused-ring (bicyclic) bond motifs is 1. The van der Waals surface area contributed by atoms with Gasteiger partial charge in [0.2, 0.25) is 10.0 Å². The van der Waals surface area contributed by atoms with Gasteiger partial charge >= 0.3 is 5.97 Å². The second-order valence-corrected chi connectivity index (χ2v) is 11.4. The fraction of sp³-hybridized carbons (Fsp3) is 0.207. The number of benzene rings is 3. The van der Waals surface area contributed by atoms with Gasteiger partial charge in [-0.05, 0) is 77.9 Å². The van der Waals surface area contributed by atoms with Crippen molar-refractivity contribution in [2.45, 2.75) is 32.8 Å². The van der Waals surface area contributed by atoms with Gasteiger partial charge in [0.25, 0.3) is 0 Å². The molecule has 0 aliphatic carbocycles. The smallest absolute Gasteiger partial charge is 0.304 e. The quantitative estimate of drug-likeness (QED) is 0.225. The van der Waals surface area contributed by atoms with Crippen molar-refractivity contribution in [3.8, 4) is 28.7 Å². The summed E-state index contributed by atoms with van der Waals surface area (Å²) in [6.07, 6.45) is 1.09. The van der Waals surface area contributed by atoms with E-state index in [1.54, 1.807) is 24.3 Å². The van der Waals surface area contributed by atoms with E-state index in [0.29, 0.717) is 18.0 Å². The van der Waals surface area contributed by atoms with Crippen LogP contribution in [0.3, 0.4) is 0 Å². The first-order valence-corrected chi connectivity index (χ1v) is 14.4. The average Bonchev–Trinajstić information content (AvgIpc) is 3.26. The van der Waals surface area contributed by atoms with Gasteiger partial charge in [0.15, 0.2) is 0 Å². The van der Waals surface area contributed by atoms with Crippen LogP contribution in [-0.2, 0) is 21.4 Å². The molecule has 4 aromatic rings. The highest BCUT2D eigenvalue weighted by molar-refractivity contribution is 7.92. The molecule has 6 nitrogen and oxygen atoms in total. The van der Waals surface area contributed by atoms with Crippen molar-refractivity contribution in [2.24, 2.45) is 0 Å². The molecule has 0 unspecified atom stereocenters. The number of hydrogen-bond donors (Lipinski definition) is 2. The minimum Gasteiger partial charge on any atom is -0.489 e. The van der Waals surface area contributed by atoms with Crippen LogP contribution in [0.4, 0.5) is 5.69 Å². The fourth-order valence-corrected chi connectivity index (χ4v) is 5.62. The number of hydrogen-bond acceptors (Lipinski definition) is 5. The van der Waals surface area contributed by atoms with Crippen molar-refractivity contribution in [1.29, 1.82) is 0 Å². The third kappa shape index (κ3) is 7.32. The van der Waals surface area contributed by atoms with Crippen LogP contribution in [0.1, 0.15) is 36.0 Å². The molecule has 0 aliphatic rings. The van der Waals surface area contributed by atoms with Crippen molar-refractivity contribution < 1.29 is 23.1 Å². The Hall–Kier alpha value is -3.45. The third-order valence-corrected chi connectivity index (χ3v) is 7.42. The Balaban J connectivity index is 0.00000400. The van der Waals surface area contributed by atoms with Gasteiger partial charge in [-0.1, -0.05) is 30.2 Å². The zero-order valence-electron chi connectivity index (χ0n) is 21.2. The number of nitrogens with one attached hydrogen (secondary N) is 1. The van der Waals surface area contributed by atoms with E-state index < -0.39 is 16.0 Å². The molecule has 38 heavy (non-hydrogen) atoms. The number of aliphatic carboxylic acids is 1. The first kappa shape index (κ1) is 29.1. The highest BCUT2D eigenvalue weighted by Crippen LogP contribution is 2.37. The average molecular weight is 568 g/mol. The molecule has 0 saturated carbocycles. The zero-order valence-corrected chi connectivity index (χ0v) is 23.9. The molecule has 1 aromatic heterocycles. The molecule has 1 heterocycles. The molecule has 0 spiro atoms. The molecule has 4 rings (SSSR count). The Kier molecular flexibility index (Phi) is 9.50. The lowest BCUT2D eigenvalue weighted by Crippen LogP contribution is -2.09. The molecule has 0 amide bonds. The van der Waals surface area contributed by atoms with E-state index >= 15 is 0 Å². The molecule has 0 aliphatic heterocycles. The molecule has 1 atom stereocenters. The summed E-state index contributed by atoms with van der Waals surface area (Å²) in [4.78, 5) is 11.1. The number of thiophene rings is 1. The Labute approximate surface area is 234 Å². The monoisotopic (exact) mass is 567 g/mol. The minimum atomic E-state index is -3.37. The molecule has 0 radical (unpaired) electrons. The van der Waals surface area contributed by atoms with Crippen LogP contribution < -0.4 is 9.46 Å². The first-order valence-electron chi connectivity index (χ1n) is 11.6. The van der Waals surface area contributed by atoms with E-state index in [1.165, 1.54) is 0 Å². The molecular formula is C29H29NO5S3. The van der Waals surface area contributed by atoms with Gasteiger partial charge in [0.1, 0.15) is 12.4 Å². The van der Waals surface area contributed by atoms with E-state index in [-0.39, 0.29) is 25.8 Å². The maximum Gasteiger partial charge on any atom is 0.304 e. The summed E-state index contributed by atoms with van der Waals surface area (Å²) >= 11 is 1.64. The SMILES string of the molecule is CC#C[C@@H](CC(=O)O)c1ccc(OCc2ccc3scc(-c4cc(NS(C)(=O)=O)ccc4C)c3c2)cc1.S. The number of carbonyl (C=O) groups is 1. The molecule has 3 aromatic carbocycles. The van der Waals surface area contributed by atoms with E-state index in [0.717, 1.165) is 44.2 Å². The van der Waals surface area contributed by atoms with Crippen LogP contribution in [0, 0.1) is 18.8 Å². The predicted octanol–water partition coefficient (Wildman–Crippen LogP) is 6.52. The van der Waals surface area contributed by atoms with E-state index in [1.807, 2.05) is 49.4 Å². The summed E-state index contributed by atoms with van der Waals surface area (Å²) in [5.74, 6) is 5.20. The molecule has 0 bridgehead atoms. The van der Waals surface area contributed by atoms with Crippen molar-refractivity contribution >= 4 is 56.6 Å². The Morgan fingerprint density at radius 3 is 2.47 bits per heavy atom. The number of anilines is 1. The zero-order chi connectivity index (χ0) is 26.6. The van der Waals surface area contributed by atoms with Gasteiger partial charge in [0, 0.05) is 21.3 Å².